The molecule has 0 bridgehead atoms. The molecule has 0 unspecified atom stereocenters. The molecule has 0 saturated carbocycles. The number of nitrogens with zero attached hydrogens (tertiary/aromatic N) is 3. The van der Waals surface area contributed by atoms with E-state index in [-0.39, 0.29) is 17.4 Å². The third-order valence-electron chi connectivity index (χ3n) is 4.09. The first kappa shape index (κ1) is 14.7. The Kier molecular flexibility index (Phi) is 3.64. The predicted octanol–water partition coefficient (Wildman–Crippen LogP) is 2.13. The van der Waals surface area contributed by atoms with Crippen LogP contribution in [0.2, 0.25) is 0 Å². The van der Waals surface area contributed by atoms with E-state index < -0.39 is 0 Å². The number of benzene rings is 1. The zero-order chi connectivity index (χ0) is 16.5. The van der Waals surface area contributed by atoms with Crippen molar-refractivity contribution in [3.05, 3.63) is 46.8 Å². The van der Waals surface area contributed by atoms with Crippen LogP contribution in [-0.4, -0.2) is 34.1 Å². The molecule has 1 aliphatic rings. The van der Waals surface area contributed by atoms with Crippen LogP contribution in [0.15, 0.2) is 39.8 Å². The van der Waals surface area contributed by atoms with Gasteiger partial charge in [-0.3, -0.25) is 4.79 Å². The third-order valence-corrected chi connectivity index (χ3v) is 4.09. The van der Waals surface area contributed by atoms with Gasteiger partial charge in [-0.15, -0.1) is 0 Å². The summed E-state index contributed by atoms with van der Waals surface area (Å²) in [6.45, 7) is 1.39. The van der Waals surface area contributed by atoms with E-state index in [4.69, 9.17) is 4.42 Å². The molecular weight excluding hydrogens is 313 g/mol. The van der Waals surface area contributed by atoms with Crippen LogP contribution < -0.4 is 15.8 Å². The summed E-state index contributed by atoms with van der Waals surface area (Å²) in [4.78, 5) is 24.9. The first-order valence-electron chi connectivity index (χ1n) is 7.80. The third kappa shape index (κ3) is 2.82. The van der Waals surface area contributed by atoms with Crippen molar-refractivity contribution < 1.29 is 8.81 Å². The highest BCUT2D eigenvalue weighted by molar-refractivity contribution is 5.74. The smallest absolute Gasteiger partial charge is 0.295 e. The second-order valence-electron chi connectivity index (χ2n) is 5.80. The van der Waals surface area contributed by atoms with Crippen molar-refractivity contribution in [2.75, 3.05) is 23.3 Å². The van der Waals surface area contributed by atoms with Crippen molar-refractivity contribution in [1.82, 2.24) is 15.0 Å². The second kappa shape index (κ2) is 5.95. The van der Waals surface area contributed by atoms with Gasteiger partial charge in [-0.2, -0.15) is 4.98 Å². The molecule has 0 aliphatic carbocycles. The molecule has 0 radical (unpaired) electrons. The fraction of sp³-hybridized carbons (Fsp3) is 0.312. The maximum atomic E-state index is 13.2. The molecule has 24 heavy (non-hydrogen) atoms. The number of anilines is 2. The summed E-state index contributed by atoms with van der Waals surface area (Å²) in [5.41, 5.74) is 0.814. The molecular formula is C16H16FN5O2. The van der Waals surface area contributed by atoms with Crippen LogP contribution in [-0.2, 0) is 0 Å². The lowest BCUT2D eigenvalue weighted by Gasteiger charge is -2.32. The van der Waals surface area contributed by atoms with Crippen molar-refractivity contribution in [1.29, 1.82) is 0 Å². The minimum Gasteiger partial charge on any atom is -0.424 e. The lowest BCUT2D eigenvalue weighted by Crippen LogP contribution is -2.44. The van der Waals surface area contributed by atoms with Gasteiger partial charge in [0.25, 0.3) is 11.6 Å². The van der Waals surface area contributed by atoms with Gasteiger partial charge in [0.1, 0.15) is 11.3 Å². The van der Waals surface area contributed by atoms with E-state index in [0.717, 1.165) is 19.4 Å². The molecule has 1 aliphatic heterocycles. The van der Waals surface area contributed by atoms with E-state index in [1.165, 1.54) is 18.3 Å². The van der Waals surface area contributed by atoms with Gasteiger partial charge in [0.15, 0.2) is 11.4 Å². The van der Waals surface area contributed by atoms with Crippen LogP contribution in [0.5, 0.6) is 0 Å². The average Bonchev–Trinajstić information content (AvgIpc) is 2.97. The van der Waals surface area contributed by atoms with Gasteiger partial charge in [0.05, 0.1) is 0 Å². The van der Waals surface area contributed by atoms with Crippen molar-refractivity contribution >= 4 is 22.9 Å². The van der Waals surface area contributed by atoms with E-state index in [1.54, 1.807) is 12.3 Å². The van der Waals surface area contributed by atoms with E-state index in [9.17, 15) is 9.18 Å². The molecule has 2 N–H and O–H groups in total. The van der Waals surface area contributed by atoms with Gasteiger partial charge < -0.3 is 19.6 Å². The Balaban J connectivity index is 1.51. The zero-order valence-corrected chi connectivity index (χ0v) is 12.8. The molecule has 2 aromatic heterocycles. The number of rotatable bonds is 3. The molecule has 0 amide bonds. The fourth-order valence-corrected chi connectivity index (χ4v) is 2.99. The number of aromatic amines is 1. The van der Waals surface area contributed by atoms with Gasteiger partial charge in [0, 0.05) is 37.6 Å². The summed E-state index contributed by atoms with van der Waals surface area (Å²) in [6, 6.07) is 4.66. The van der Waals surface area contributed by atoms with Crippen LogP contribution in [0.1, 0.15) is 12.8 Å². The highest BCUT2D eigenvalue weighted by Crippen LogP contribution is 2.22. The topological polar surface area (TPSA) is 87.0 Å². The molecule has 124 valence electrons. The van der Waals surface area contributed by atoms with Crippen molar-refractivity contribution in [2.45, 2.75) is 18.9 Å². The Bertz CT molecular complexity index is 922. The van der Waals surface area contributed by atoms with Crippen LogP contribution in [0.4, 0.5) is 16.2 Å². The monoisotopic (exact) mass is 329 g/mol. The van der Waals surface area contributed by atoms with Crippen molar-refractivity contribution in [3.8, 4) is 0 Å². The number of oxazole rings is 1. The minimum absolute atomic E-state index is 0.0677. The largest absolute Gasteiger partial charge is 0.424 e. The summed E-state index contributed by atoms with van der Waals surface area (Å²) in [5.74, 6) is 0.0733. The zero-order valence-electron chi connectivity index (χ0n) is 12.8. The van der Waals surface area contributed by atoms with E-state index in [1.807, 2.05) is 4.90 Å². The Morgan fingerprint density at radius 2 is 2.33 bits per heavy atom. The number of aromatic nitrogens is 3. The van der Waals surface area contributed by atoms with Gasteiger partial charge in [-0.05, 0) is 25.0 Å². The Morgan fingerprint density at radius 1 is 1.42 bits per heavy atom. The molecule has 1 fully saturated rings. The van der Waals surface area contributed by atoms with Crippen molar-refractivity contribution in [3.63, 3.8) is 0 Å². The maximum Gasteiger partial charge on any atom is 0.295 e. The van der Waals surface area contributed by atoms with Crippen molar-refractivity contribution in [2.24, 2.45) is 0 Å². The number of hydrogen-bond donors (Lipinski definition) is 2. The summed E-state index contributed by atoms with van der Waals surface area (Å²) >= 11 is 0. The van der Waals surface area contributed by atoms with Crippen LogP contribution in [0.25, 0.3) is 11.1 Å². The Hall–Kier alpha value is -2.90. The van der Waals surface area contributed by atoms with Gasteiger partial charge in [-0.1, -0.05) is 0 Å². The number of halogens is 1. The van der Waals surface area contributed by atoms with Gasteiger partial charge in [0.2, 0.25) is 0 Å². The van der Waals surface area contributed by atoms with E-state index in [2.05, 4.69) is 20.3 Å². The molecule has 1 atom stereocenters. The van der Waals surface area contributed by atoms with E-state index >= 15 is 0 Å². The average molecular weight is 329 g/mol. The summed E-state index contributed by atoms with van der Waals surface area (Å²) in [7, 11) is 0. The predicted molar refractivity (Wildman–Crippen MR) is 87.7 cm³/mol. The summed E-state index contributed by atoms with van der Waals surface area (Å²) < 4.78 is 18.8. The normalized spacial score (nSPS) is 18.0. The molecule has 0 spiro atoms. The van der Waals surface area contributed by atoms with Crippen LogP contribution >= 0.6 is 0 Å². The number of hydrogen-bond acceptors (Lipinski definition) is 6. The van der Waals surface area contributed by atoms with Gasteiger partial charge >= 0.3 is 0 Å². The SMILES string of the molecule is O=c1[nH]ccnc1N1CCC[C@H](Nc2nc3cc(F)ccc3o2)C1. The standard InChI is InChI=1S/C16H16FN5O2/c17-10-3-4-13-12(8-10)21-16(24-13)20-11-2-1-7-22(9-11)14-15(23)19-6-5-18-14/h3-6,8,11H,1-2,7,9H2,(H,19,23)(H,20,21)/t11-/m0/s1. The van der Waals surface area contributed by atoms with Crippen LogP contribution in [0, 0.1) is 5.82 Å². The molecule has 1 aromatic carbocycles. The van der Waals surface area contributed by atoms with E-state index in [0.29, 0.717) is 29.5 Å². The Morgan fingerprint density at radius 3 is 3.21 bits per heavy atom. The molecule has 8 heteroatoms. The lowest BCUT2D eigenvalue weighted by molar-refractivity contribution is 0.505. The molecule has 4 rings (SSSR count). The first-order valence-corrected chi connectivity index (χ1v) is 7.80. The van der Waals surface area contributed by atoms with Gasteiger partial charge in [-0.25, -0.2) is 9.37 Å². The highest BCUT2D eigenvalue weighted by atomic mass is 19.1. The Labute approximate surface area is 136 Å². The van der Waals surface area contributed by atoms with Crippen LogP contribution in [0.3, 0.4) is 0 Å². The number of nitrogens with one attached hydrogen (secondary N) is 2. The summed E-state index contributed by atoms with van der Waals surface area (Å²) in [5, 5.41) is 3.23. The number of H-pyrrole nitrogens is 1. The maximum absolute atomic E-state index is 13.2. The number of piperidine rings is 1. The second-order valence-corrected chi connectivity index (χ2v) is 5.80. The molecule has 7 nitrogen and oxygen atoms in total. The number of fused-ring (bicyclic) bond motifs is 1. The molecule has 3 aromatic rings. The molecule has 1 saturated heterocycles. The minimum atomic E-state index is -0.347. The highest BCUT2D eigenvalue weighted by Gasteiger charge is 2.23. The fourth-order valence-electron chi connectivity index (χ4n) is 2.99. The lowest BCUT2D eigenvalue weighted by atomic mass is 10.1. The quantitative estimate of drug-likeness (QED) is 0.765. The summed E-state index contributed by atoms with van der Waals surface area (Å²) in [6.07, 6.45) is 4.93. The molecule has 3 heterocycles. The first-order chi connectivity index (χ1) is 11.7.